The summed E-state index contributed by atoms with van der Waals surface area (Å²) in [6.45, 7) is 3.78. The highest BCUT2D eigenvalue weighted by Gasteiger charge is 2.17. The first kappa shape index (κ1) is 20.1. The van der Waals surface area contributed by atoms with Crippen LogP contribution in [0.25, 0.3) is 10.8 Å². The number of ether oxygens (including phenoxy) is 1. The molecule has 0 aliphatic carbocycles. The Morgan fingerprint density at radius 3 is 2.47 bits per heavy atom. The zero-order valence-corrected chi connectivity index (χ0v) is 17.8. The van der Waals surface area contributed by atoms with Crippen LogP contribution in [0.4, 0.5) is 5.82 Å². The minimum absolute atomic E-state index is 0.0553. The number of hydrogen-bond donors (Lipinski definition) is 1. The van der Waals surface area contributed by atoms with Gasteiger partial charge in [-0.25, -0.2) is 13.4 Å². The normalized spacial score (nSPS) is 11.4. The van der Waals surface area contributed by atoms with E-state index in [9.17, 15) is 8.42 Å². The van der Waals surface area contributed by atoms with E-state index in [1.165, 1.54) is 12.1 Å². The second kappa shape index (κ2) is 7.93. The first-order chi connectivity index (χ1) is 14.3. The van der Waals surface area contributed by atoms with E-state index in [-0.39, 0.29) is 21.6 Å². The van der Waals surface area contributed by atoms with E-state index < -0.39 is 10.0 Å². The van der Waals surface area contributed by atoms with Crippen LogP contribution in [-0.2, 0) is 10.0 Å². The average molecular weight is 440 g/mol. The first-order valence-corrected chi connectivity index (χ1v) is 11.0. The van der Waals surface area contributed by atoms with Crippen molar-refractivity contribution in [2.24, 2.45) is 0 Å². The summed E-state index contributed by atoms with van der Waals surface area (Å²) in [5.41, 5.74) is 1.89. The number of pyridine rings is 2. The molecule has 0 radical (unpaired) electrons. The van der Waals surface area contributed by atoms with Crippen molar-refractivity contribution in [2.75, 3.05) is 4.72 Å². The highest BCUT2D eigenvalue weighted by atomic mass is 35.5. The number of aromatic nitrogens is 2. The minimum atomic E-state index is -3.81. The number of fused-ring (bicyclic) bond motifs is 1. The number of nitrogens with zero attached hydrogens (tertiary/aromatic N) is 2. The predicted molar refractivity (Wildman–Crippen MR) is 118 cm³/mol. The molecule has 0 atom stereocenters. The third-order valence-corrected chi connectivity index (χ3v) is 6.29. The van der Waals surface area contributed by atoms with Gasteiger partial charge in [-0.1, -0.05) is 41.9 Å². The maximum atomic E-state index is 12.7. The number of sulfonamides is 1. The fraction of sp³-hybridized carbons (Fsp3) is 0.0909. The van der Waals surface area contributed by atoms with Crippen molar-refractivity contribution in [3.8, 4) is 11.8 Å². The largest absolute Gasteiger partial charge is 0.419 e. The molecule has 0 fully saturated rings. The topological polar surface area (TPSA) is 81.2 Å². The van der Waals surface area contributed by atoms with Crippen molar-refractivity contribution in [1.82, 2.24) is 9.97 Å². The van der Waals surface area contributed by atoms with Crippen LogP contribution >= 0.6 is 11.6 Å². The van der Waals surface area contributed by atoms with Gasteiger partial charge in [0.05, 0.1) is 4.90 Å². The molecule has 30 heavy (non-hydrogen) atoms. The van der Waals surface area contributed by atoms with Crippen molar-refractivity contribution in [1.29, 1.82) is 0 Å². The van der Waals surface area contributed by atoms with Gasteiger partial charge in [0, 0.05) is 17.6 Å². The standard InChI is InChI=1S/C22H18ClN3O3S/c1-14-7-8-18(11-15(14)2)30(27,28)26-20-10-9-19(23)22(25-20)29-21-12-16-5-3-4-6-17(16)13-24-21/h3-13H,1-2H3,(H,25,26). The van der Waals surface area contributed by atoms with E-state index in [0.717, 1.165) is 21.9 Å². The van der Waals surface area contributed by atoms with E-state index in [1.807, 2.05) is 38.1 Å². The van der Waals surface area contributed by atoms with E-state index in [4.69, 9.17) is 16.3 Å². The van der Waals surface area contributed by atoms with Gasteiger partial charge >= 0.3 is 0 Å². The molecule has 152 valence electrons. The van der Waals surface area contributed by atoms with Crippen LogP contribution in [0.3, 0.4) is 0 Å². The molecule has 1 N–H and O–H groups in total. The van der Waals surface area contributed by atoms with Crippen molar-refractivity contribution >= 4 is 38.2 Å². The SMILES string of the molecule is Cc1ccc(S(=O)(=O)Nc2ccc(Cl)c(Oc3cc4ccccc4cn3)n2)cc1C. The van der Waals surface area contributed by atoms with Gasteiger partial charge in [-0.15, -0.1) is 0 Å². The summed E-state index contributed by atoms with van der Waals surface area (Å²) >= 11 is 6.20. The molecule has 0 aliphatic rings. The van der Waals surface area contributed by atoms with Gasteiger partial charge in [-0.05, 0) is 54.6 Å². The van der Waals surface area contributed by atoms with Crippen LogP contribution in [0.1, 0.15) is 11.1 Å². The maximum Gasteiger partial charge on any atom is 0.263 e. The number of hydrogen-bond acceptors (Lipinski definition) is 5. The summed E-state index contributed by atoms with van der Waals surface area (Å²) in [5.74, 6) is 0.449. The summed E-state index contributed by atoms with van der Waals surface area (Å²) < 4.78 is 33.6. The number of nitrogens with one attached hydrogen (secondary N) is 1. The fourth-order valence-electron chi connectivity index (χ4n) is 2.85. The van der Waals surface area contributed by atoms with Crippen molar-refractivity contribution < 1.29 is 13.2 Å². The third kappa shape index (κ3) is 4.22. The van der Waals surface area contributed by atoms with E-state index >= 15 is 0 Å². The Morgan fingerprint density at radius 1 is 0.933 bits per heavy atom. The molecule has 2 aromatic heterocycles. The molecule has 0 aliphatic heterocycles. The number of benzene rings is 2. The van der Waals surface area contributed by atoms with Gasteiger partial charge in [-0.3, -0.25) is 4.72 Å². The maximum absolute atomic E-state index is 12.7. The lowest BCUT2D eigenvalue weighted by atomic mass is 10.1. The zero-order valence-electron chi connectivity index (χ0n) is 16.3. The monoisotopic (exact) mass is 439 g/mol. The molecule has 0 saturated heterocycles. The molecule has 0 saturated carbocycles. The van der Waals surface area contributed by atoms with Gasteiger partial charge in [0.2, 0.25) is 11.8 Å². The lowest BCUT2D eigenvalue weighted by Crippen LogP contribution is -2.14. The first-order valence-electron chi connectivity index (χ1n) is 9.11. The lowest BCUT2D eigenvalue weighted by Gasteiger charge is -2.11. The van der Waals surface area contributed by atoms with Crippen molar-refractivity contribution in [3.05, 3.63) is 83.0 Å². The van der Waals surface area contributed by atoms with Gasteiger partial charge < -0.3 is 4.74 Å². The molecule has 4 rings (SSSR count). The van der Waals surface area contributed by atoms with Crippen LogP contribution in [0.2, 0.25) is 5.02 Å². The van der Waals surface area contributed by atoms with Crippen molar-refractivity contribution in [2.45, 2.75) is 18.7 Å². The van der Waals surface area contributed by atoms with Crippen LogP contribution in [-0.4, -0.2) is 18.4 Å². The predicted octanol–water partition coefficient (Wildman–Crippen LogP) is 5.49. The Morgan fingerprint density at radius 2 is 1.70 bits per heavy atom. The number of rotatable bonds is 5. The molecule has 0 bridgehead atoms. The third-order valence-electron chi connectivity index (χ3n) is 4.65. The van der Waals surface area contributed by atoms with Gasteiger partial charge in [0.15, 0.2) is 0 Å². The van der Waals surface area contributed by atoms with Crippen LogP contribution in [0.5, 0.6) is 11.8 Å². The number of aryl methyl sites for hydroxylation is 2. The summed E-state index contributed by atoms with van der Waals surface area (Å²) in [5, 5.41) is 2.16. The lowest BCUT2D eigenvalue weighted by molar-refractivity contribution is 0.447. The van der Waals surface area contributed by atoms with E-state index in [1.54, 1.807) is 30.5 Å². The number of halogens is 1. The smallest absolute Gasteiger partial charge is 0.263 e. The van der Waals surface area contributed by atoms with Crippen LogP contribution < -0.4 is 9.46 Å². The second-order valence-electron chi connectivity index (χ2n) is 6.81. The molecular weight excluding hydrogens is 422 g/mol. The summed E-state index contributed by atoms with van der Waals surface area (Å²) in [4.78, 5) is 8.62. The fourth-order valence-corrected chi connectivity index (χ4v) is 4.08. The molecule has 2 heterocycles. The molecule has 0 amide bonds. The highest BCUT2D eigenvalue weighted by molar-refractivity contribution is 7.92. The van der Waals surface area contributed by atoms with Gasteiger partial charge in [0.1, 0.15) is 10.8 Å². The Bertz CT molecular complexity index is 1360. The Labute approximate surface area is 179 Å². The molecule has 0 spiro atoms. The van der Waals surface area contributed by atoms with Gasteiger partial charge in [-0.2, -0.15) is 4.98 Å². The number of anilines is 1. The average Bonchev–Trinajstić information content (AvgIpc) is 2.72. The van der Waals surface area contributed by atoms with Gasteiger partial charge in [0.25, 0.3) is 10.0 Å². The second-order valence-corrected chi connectivity index (χ2v) is 8.90. The Kier molecular flexibility index (Phi) is 5.32. The van der Waals surface area contributed by atoms with Crippen molar-refractivity contribution in [3.63, 3.8) is 0 Å². The van der Waals surface area contributed by atoms with E-state index in [0.29, 0.717) is 5.88 Å². The summed E-state index contributed by atoms with van der Waals surface area (Å²) in [7, 11) is -3.81. The highest BCUT2D eigenvalue weighted by Crippen LogP contribution is 2.30. The molecule has 0 unspecified atom stereocenters. The zero-order chi connectivity index (χ0) is 21.3. The molecule has 6 nitrogen and oxygen atoms in total. The molecule has 2 aromatic carbocycles. The Balaban J connectivity index is 1.61. The Hall–Kier alpha value is -3.16. The molecular formula is C22H18ClN3O3S. The van der Waals surface area contributed by atoms with E-state index in [2.05, 4.69) is 14.7 Å². The van der Waals surface area contributed by atoms with Crippen LogP contribution in [0.15, 0.2) is 71.8 Å². The summed E-state index contributed by atoms with van der Waals surface area (Å²) in [6, 6.07) is 17.4. The molecule has 8 heteroatoms. The quantitative estimate of drug-likeness (QED) is 0.444. The molecule has 4 aromatic rings. The van der Waals surface area contributed by atoms with Crippen LogP contribution in [0, 0.1) is 13.8 Å². The summed E-state index contributed by atoms with van der Waals surface area (Å²) in [6.07, 6.45) is 1.69. The minimum Gasteiger partial charge on any atom is -0.419 e.